The average molecular weight is 194 g/mol. The summed E-state index contributed by atoms with van der Waals surface area (Å²) >= 11 is 0. The van der Waals surface area contributed by atoms with Crippen LogP contribution in [0.5, 0.6) is 0 Å². The van der Waals surface area contributed by atoms with E-state index in [1.807, 2.05) is 0 Å². The van der Waals surface area contributed by atoms with E-state index in [1.54, 1.807) is 12.3 Å². The fourth-order valence-electron chi connectivity index (χ4n) is 1.10. The van der Waals surface area contributed by atoms with Crippen molar-refractivity contribution in [2.24, 2.45) is 0 Å². The van der Waals surface area contributed by atoms with Crippen LogP contribution in [0, 0.1) is 0 Å². The Kier molecular flexibility index (Phi) is 11.7. The van der Waals surface area contributed by atoms with E-state index in [-0.39, 0.29) is 0 Å². The van der Waals surface area contributed by atoms with Gasteiger partial charge < -0.3 is 0 Å². The van der Waals surface area contributed by atoms with Gasteiger partial charge in [-0.05, 0) is 0 Å². The Morgan fingerprint density at radius 3 is 2.45 bits per heavy atom. The maximum absolute atomic E-state index is 2.31. The molecule has 11 heavy (non-hydrogen) atoms. The molecule has 0 fully saturated rings. The van der Waals surface area contributed by atoms with Crippen LogP contribution >= 0.6 is 16.5 Å². The molecule has 0 aliphatic carbocycles. The summed E-state index contributed by atoms with van der Waals surface area (Å²) < 4.78 is 0. The van der Waals surface area contributed by atoms with Gasteiger partial charge in [0.15, 0.2) is 0 Å². The van der Waals surface area contributed by atoms with Gasteiger partial charge in [0.05, 0.1) is 0 Å². The molecule has 2 heteroatoms. The molecule has 0 saturated heterocycles. The zero-order chi connectivity index (χ0) is 8.36. The van der Waals surface area contributed by atoms with Crippen LogP contribution in [0.2, 0.25) is 0 Å². The Balaban J connectivity index is 2.69. The van der Waals surface area contributed by atoms with Crippen molar-refractivity contribution < 1.29 is 0 Å². The molecule has 0 radical (unpaired) electrons. The Labute approximate surface area is 75.4 Å². The molecule has 0 N–H and O–H groups in total. The summed E-state index contributed by atoms with van der Waals surface area (Å²) in [6, 6.07) is 0. The number of hydrogen-bond acceptors (Lipinski definition) is 0. The van der Waals surface area contributed by atoms with E-state index in [0.29, 0.717) is 8.27 Å². The predicted molar refractivity (Wildman–Crippen MR) is 63.6 cm³/mol. The van der Waals surface area contributed by atoms with Gasteiger partial charge in [-0.25, -0.2) is 0 Å². The molecule has 0 rings (SSSR count). The van der Waals surface area contributed by atoms with E-state index in [1.165, 1.54) is 40.4 Å². The van der Waals surface area contributed by atoms with Crippen LogP contribution in [-0.4, -0.2) is 12.3 Å². The zero-order valence-electron chi connectivity index (χ0n) is 8.16. The van der Waals surface area contributed by atoms with Crippen LogP contribution in [-0.2, 0) is 0 Å². The maximum atomic E-state index is 2.31. The van der Waals surface area contributed by atoms with Crippen molar-refractivity contribution in [2.45, 2.75) is 46.0 Å². The fraction of sp³-hybridized carbons (Fsp3) is 1.00. The molecule has 0 aliphatic heterocycles. The van der Waals surface area contributed by atoms with Gasteiger partial charge in [0, 0.05) is 0 Å². The van der Waals surface area contributed by atoms with Gasteiger partial charge in [-0.3, -0.25) is 0 Å². The molecule has 0 aromatic rings. The van der Waals surface area contributed by atoms with Gasteiger partial charge in [0.25, 0.3) is 0 Å². The summed E-state index contributed by atoms with van der Waals surface area (Å²) in [5, 5.41) is 0. The third-order valence-corrected chi connectivity index (χ3v) is 7.22. The summed E-state index contributed by atoms with van der Waals surface area (Å²) in [7, 11) is 1.79. The van der Waals surface area contributed by atoms with Crippen molar-refractivity contribution in [3.05, 3.63) is 0 Å². The summed E-state index contributed by atoms with van der Waals surface area (Å²) in [6.45, 7) is 4.60. The molecule has 1 unspecified atom stereocenters. The second-order valence-electron chi connectivity index (χ2n) is 3.16. The van der Waals surface area contributed by atoms with Crippen molar-refractivity contribution in [3.8, 4) is 0 Å². The van der Waals surface area contributed by atoms with Crippen LogP contribution in [0.25, 0.3) is 0 Å². The van der Waals surface area contributed by atoms with Crippen molar-refractivity contribution in [2.75, 3.05) is 12.3 Å². The number of unbranched alkanes of at least 4 members (excludes halogenated alkanes) is 3. The third-order valence-electron chi connectivity index (χ3n) is 1.91. The summed E-state index contributed by atoms with van der Waals surface area (Å²) in [6.07, 6.45) is 10.4. The molecule has 0 aromatic carbocycles. The van der Waals surface area contributed by atoms with E-state index < -0.39 is 0 Å². The van der Waals surface area contributed by atoms with Crippen molar-refractivity contribution >= 4 is 16.5 Å². The van der Waals surface area contributed by atoms with E-state index in [2.05, 4.69) is 13.8 Å². The van der Waals surface area contributed by atoms with E-state index in [9.17, 15) is 0 Å². The van der Waals surface area contributed by atoms with Gasteiger partial charge in [0.1, 0.15) is 0 Å². The van der Waals surface area contributed by atoms with E-state index >= 15 is 0 Å². The Morgan fingerprint density at radius 2 is 1.82 bits per heavy atom. The molecule has 0 bridgehead atoms. The first-order valence-corrected chi connectivity index (χ1v) is 9.66. The Hall–Kier alpha value is 0.860. The number of rotatable bonds is 8. The quantitative estimate of drug-likeness (QED) is 0.408. The van der Waals surface area contributed by atoms with Crippen LogP contribution < -0.4 is 0 Å². The van der Waals surface area contributed by atoms with Crippen LogP contribution in [0.1, 0.15) is 46.0 Å². The molecule has 1 atom stereocenters. The first kappa shape index (κ1) is 11.9. The monoisotopic (exact) mass is 194 g/mol. The van der Waals surface area contributed by atoms with Crippen LogP contribution in [0.4, 0.5) is 0 Å². The first-order chi connectivity index (χ1) is 5.41. The van der Waals surface area contributed by atoms with Gasteiger partial charge in [-0.2, -0.15) is 0 Å². The molecule has 0 spiro atoms. The Morgan fingerprint density at radius 1 is 1.00 bits per heavy atom. The summed E-state index contributed by atoms with van der Waals surface area (Å²) in [5.74, 6) is 0. The van der Waals surface area contributed by atoms with Gasteiger partial charge in [-0.1, -0.05) is 0 Å². The van der Waals surface area contributed by atoms with Gasteiger partial charge in [-0.15, -0.1) is 0 Å². The molecule has 0 aliphatic rings. The third kappa shape index (κ3) is 10.9. The topological polar surface area (TPSA) is 0 Å². The summed E-state index contributed by atoms with van der Waals surface area (Å²) in [4.78, 5) is 0. The molecule has 0 aromatic heterocycles. The second kappa shape index (κ2) is 10.9. The molecular weight excluding hydrogens is 170 g/mol. The van der Waals surface area contributed by atoms with Crippen molar-refractivity contribution in [3.63, 3.8) is 0 Å². The minimum absolute atomic E-state index is 0.405. The van der Waals surface area contributed by atoms with E-state index in [4.69, 9.17) is 0 Å². The normalized spacial score (nSPS) is 11.8. The SMILES string of the molecule is CCCCCCP[PH3]CCC. The second-order valence-corrected chi connectivity index (χ2v) is 8.37. The summed E-state index contributed by atoms with van der Waals surface area (Å²) in [5.41, 5.74) is 0. The molecule has 0 nitrogen and oxygen atoms in total. The van der Waals surface area contributed by atoms with Crippen molar-refractivity contribution in [1.29, 1.82) is 0 Å². The van der Waals surface area contributed by atoms with E-state index in [0.717, 1.165) is 0 Å². The molecular formula is C9H24P2. The average Bonchev–Trinajstić information content (AvgIpc) is 2.03. The predicted octanol–water partition coefficient (Wildman–Crippen LogP) is 3.71. The zero-order valence-corrected chi connectivity index (χ0v) is 10.6. The van der Waals surface area contributed by atoms with Crippen LogP contribution in [0.3, 0.4) is 0 Å². The molecule has 0 saturated carbocycles. The molecule has 0 amide bonds. The van der Waals surface area contributed by atoms with Gasteiger partial charge in [0.2, 0.25) is 0 Å². The number of hydrogen-bond donors (Lipinski definition) is 0. The fourth-order valence-corrected chi connectivity index (χ4v) is 5.77. The molecule has 70 valence electrons. The van der Waals surface area contributed by atoms with Crippen molar-refractivity contribution in [1.82, 2.24) is 0 Å². The molecule has 0 heterocycles. The Bertz CT molecular complexity index is 56.6. The van der Waals surface area contributed by atoms with Gasteiger partial charge >= 0.3 is 74.8 Å². The standard InChI is InChI=1S/C9H24P2/c1-3-5-6-7-9-11-10-8-4-2/h11H,3-9H2,1-2,10H3. The van der Waals surface area contributed by atoms with Crippen LogP contribution in [0.15, 0.2) is 0 Å². The minimum atomic E-state index is 0.405. The first-order valence-electron chi connectivity index (χ1n) is 5.12.